The van der Waals surface area contributed by atoms with Crippen molar-refractivity contribution in [1.29, 1.82) is 0 Å². The number of carbonyl (C=O) groups is 2. The van der Waals surface area contributed by atoms with Crippen LogP contribution in [0.3, 0.4) is 0 Å². The molecule has 1 heterocycles. The lowest BCUT2D eigenvalue weighted by Gasteiger charge is -2.30. The predicted octanol–water partition coefficient (Wildman–Crippen LogP) is 1.99. The molecule has 2 amide bonds. The number of nitrogens with two attached hydrogens (primary N) is 1. The maximum atomic E-state index is 12.1. The fourth-order valence-electron chi connectivity index (χ4n) is 2.16. The number of rotatable bonds is 2. The van der Waals surface area contributed by atoms with E-state index in [2.05, 4.69) is 5.32 Å². The highest BCUT2D eigenvalue weighted by molar-refractivity contribution is 6.33. The van der Waals surface area contributed by atoms with E-state index >= 15 is 0 Å². The number of halogens is 1. The summed E-state index contributed by atoms with van der Waals surface area (Å²) < 4.78 is 0. The number of benzene rings is 1. The van der Waals surface area contributed by atoms with Gasteiger partial charge in [-0.15, -0.1) is 0 Å². The van der Waals surface area contributed by atoms with Gasteiger partial charge in [-0.05, 0) is 31.0 Å². The van der Waals surface area contributed by atoms with Gasteiger partial charge < -0.3 is 21.1 Å². The largest absolute Gasteiger partial charge is 0.478 e. The maximum Gasteiger partial charge on any atom is 0.337 e. The van der Waals surface area contributed by atoms with Gasteiger partial charge in [-0.25, -0.2) is 9.59 Å². The van der Waals surface area contributed by atoms with Crippen molar-refractivity contribution in [2.24, 2.45) is 5.73 Å². The second-order valence-corrected chi connectivity index (χ2v) is 5.19. The van der Waals surface area contributed by atoms with Crippen molar-refractivity contribution < 1.29 is 14.7 Å². The summed E-state index contributed by atoms with van der Waals surface area (Å²) in [5, 5.41) is 11.8. The number of carboxylic acids is 1. The average molecular weight is 298 g/mol. The lowest BCUT2D eigenvalue weighted by Crippen LogP contribution is -2.47. The van der Waals surface area contributed by atoms with Crippen LogP contribution in [-0.2, 0) is 0 Å². The Morgan fingerprint density at radius 1 is 1.45 bits per heavy atom. The number of carboxylic acid groups (broad SMARTS) is 1. The van der Waals surface area contributed by atoms with Crippen LogP contribution in [0, 0.1) is 0 Å². The summed E-state index contributed by atoms with van der Waals surface area (Å²) in [5.41, 5.74) is 6.18. The first kappa shape index (κ1) is 14.6. The van der Waals surface area contributed by atoms with E-state index in [4.69, 9.17) is 22.4 Å². The van der Waals surface area contributed by atoms with Gasteiger partial charge in [-0.2, -0.15) is 0 Å². The number of urea groups is 1. The Morgan fingerprint density at radius 3 is 2.85 bits per heavy atom. The standard InChI is InChI=1S/C13H16ClN3O3/c14-11-4-3-9(6-10(11)12(18)19)16-13(20)17-5-1-2-8(15)7-17/h3-4,6,8H,1-2,5,7,15H2,(H,16,20)(H,18,19). The molecular formula is C13H16ClN3O3. The Hall–Kier alpha value is -1.79. The first-order valence-corrected chi connectivity index (χ1v) is 6.69. The first-order valence-electron chi connectivity index (χ1n) is 6.31. The van der Waals surface area contributed by atoms with Gasteiger partial charge in [0, 0.05) is 24.8 Å². The summed E-state index contributed by atoms with van der Waals surface area (Å²) in [6.45, 7) is 1.16. The quantitative estimate of drug-likeness (QED) is 0.778. The van der Waals surface area contributed by atoms with Crippen molar-refractivity contribution in [2.45, 2.75) is 18.9 Å². The molecule has 20 heavy (non-hydrogen) atoms. The fourth-order valence-corrected chi connectivity index (χ4v) is 2.36. The molecule has 108 valence electrons. The zero-order chi connectivity index (χ0) is 14.7. The number of piperidine rings is 1. The third-order valence-corrected chi connectivity index (χ3v) is 3.52. The molecule has 1 aliphatic heterocycles. The number of nitrogens with one attached hydrogen (secondary N) is 1. The number of likely N-dealkylation sites (tertiary alicyclic amines) is 1. The lowest BCUT2D eigenvalue weighted by molar-refractivity contribution is 0.0697. The summed E-state index contributed by atoms with van der Waals surface area (Å²) in [5.74, 6) is -1.13. The molecule has 1 aliphatic rings. The third-order valence-electron chi connectivity index (χ3n) is 3.19. The lowest BCUT2D eigenvalue weighted by atomic mass is 10.1. The van der Waals surface area contributed by atoms with E-state index < -0.39 is 5.97 Å². The second-order valence-electron chi connectivity index (χ2n) is 4.78. The molecule has 0 radical (unpaired) electrons. The molecule has 0 spiro atoms. The summed E-state index contributed by atoms with van der Waals surface area (Å²) in [6, 6.07) is 4.07. The minimum atomic E-state index is -1.13. The molecular weight excluding hydrogens is 282 g/mol. The summed E-state index contributed by atoms with van der Waals surface area (Å²) in [6.07, 6.45) is 1.78. The van der Waals surface area contributed by atoms with E-state index in [1.165, 1.54) is 12.1 Å². The smallest absolute Gasteiger partial charge is 0.337 e. The van der Waals surface area contributed by atoms with Crippen LogP contribution in [0.15, 0.2) is 18.2 Å². The second kappa shape index (κ2) is 6.11. The molecule has 4 N–H and O–H groups in total. The monoisotopic (exact) mass is 297 g/mol. The van der Waals surface area contributed by atoms with Gasteiger partial charge in [0.05, 0.1) is 10.6 Å². The molecule has 7 heteroatoms. The van der Waals surface area contributed by atoms with E-state index in [0.29, 0.717) is 18.8 Å². The maximum absolute atomic E-state index is 12.1. The average Bonchev–Trinajstić information content (AvgIpc) is 2.40. The molecule has 2 rings (SSSR count). The SMILES string of the molecule is NC1CCCN(C(=O)Nc2ccc(Cl)c(C(=O)O)c2)C1. The Bertz CT molecular complexity index is 536. The predicted molar refractivity (Wildman–Crippen MR) is 76.2 cm³/mol. The molecule has 0 saturated carbocycles. The molecule has 1 aromatic carbocycles. The van der Waals surface area contributed by atoms with Crippen molar-refractivity contribution in [3.05, 3.63) is 28.8 Å². The number of amides is 2. The van der Waals surface area contributed by atoms with Crippen LogP contribution >= 0.6 is 11.6 Å². The minimum Gasteiger partial charge on any atom is -0.478 e. The Morgan fingerprint density at radius 2 is 2.20 bits per heavy atom. The van der Waals surface area contributed by atoms with E-state index in [0.717, 1.165) is 12.8 Å². The molecule has 6 nitrogen and oxygen atoms in total. The van der Waals surface area contributed by atoms with Gasteiger partial charge in [0.15, 0.2) is 0 Å². The summed E-state index contributed by atoms with van der Waals surface area (Å²) in [4.78, 5) is 24.7. The van der Waals surface area contributed by atoms with Gasteiger partial charge in [0.25, 0.3) is 0 Å². The van der Waals surface area contributed by atoms with Gasteiger partial charge in [0.1, 0.15) is 0 Å². The molecule has 0 aliphatic carbocycles. The van der Waals surface area contributed by atoms with Gasteiger partial charge in [-0.1, -0.05) is 11.6 Å². The number of hydrogen-bond donors (Lipinski definition) is 3. The number of nitrogens with zero attached hydrogens (tertiary/aromatic N) is 1. The van der Waals surface area contributed by atoms with Crippen LogP contribution in [0.25, 0.3) is 0 Å². The molecule has 1 unspecified atom stereocenters. The highest BCUT2D eigenvalue weighted by Crippen LogP contribution is 2.21. The highest BCUT2D eigenvalue weighted by Gasteiger charge is 2.21. The van der Waals surface area contributed by atoms with Crippen LogP contribution in [0.4, 0.5) is 10.5 Å². The number of aromatic carboxylic acids is 1. The van der Waals surface area contributed by atoms with Crippen molar-refractivity contribution in [1.82, 2.24) is 4.90 Å². The van der Waals surface area contributed by atoms with Crippen molar-refractivity contribution >= 4 is 29.3 Å². The van der Waals surface area contributed by atoms with E-state index in [9.17, 15) is 9.59 Å². The molecule has 1 saturated heterocycles. The topological polar surface area (TPSA) is 95.7 Å². The van der Waals surface area contributed by atoms with E-state index in [1.807, 2.05) is 0 Å². The van der Waals surface area contributed by atoms with E-state index in [1.54, 1.807) is 11.0 Å². The molecule has 1 fully saturated rings. The molecule has 0 bridgehead atoms. The van der Waals surface area contributed by atoms with Crippen molar-refractivity contribution in [3.63, 3.8) is 0 Å². The van der Waals surface area contributed by atoms with Gasteiger partial charge in [-0.3, -0.25) is 0 Å². The zero-order valence-corrected chi connectivity index (χ0v) is 11.6. The fraction of sp³-hybridized carbons (Fsp3) is 0.385. The van der Waals surface area contributed by atoms with Crippen LogP contribution in [-0.4, -0.2) is 41.1 Å². The van der Waals surface area contributed by atoms with Crippen LogP contribution in [0.1, 0.15) is 23.2 Å². The zero-order valence-electron chi connectivity index (χ0n) is 10.8. The minimum absolute atomic E-state index is 0.00528. The molecule has 1 atom stereocenters. The Balaban J connectivity index is 2.07. The van der Waals surface area contributed by atoms with Crippen LogP contribution in [0.2, 0.25) is 5.02 Å². The first-order chi connectivity index (χ1) is 9.47. The van der Waals surface area contributed by atoms with Gasteiger partial charge in [0.2, 0.25) is 0 Å². The number of hydrogen-bond acceptors (Lipinski definition) is 3. The number of carbonyl (C=O) groups excluding carboxylic acids is 1. The normalized spacial score (nSPS) is 18.7. The summed E-state index contributed by atoms with van der Waals surface area (Å²) in [7, 11) is 0. The van der Waals surface area contributed by atoms with Crippen LogP contribution in [0.5, 0.6) is 0 Å². The van der Waals surface area contributed by atoms with Crippen molar-refractivity contribution in [3.8, 4) is 0 Å². The van der Waals surface area contributed by atoms with Crippen LogP contribution < -0.4 is 11.1 Å². The van der Waals surface area contributed by atoms with Gasteiger partial charge >= 0.3 is 12.0 Å². The summed E-state index contributed by atoms with van der Waals surface area (Å²) >= 11 is 5.78. The number of anilines is 1. The Labute approximate surface area is 121 Å². The highest BCUT2D eigenvalue weighted by atomic mass is 35.5. The molecule has 1 aromatic rings. The third kappa shape index (κ3) is 3.40. The molecule has 0 aromatic heterocycles. The van der Waals surface area contributed by atoms with Crippen molar-refractivity contribution in [2.75, 3.05) is 18.4 Å². The van der Waals surface area contributed by atoms with E-state index in [-0.39, 0.29) is 22.7 Å². The Kier molecular flexibility index (Phi) is 4.46.